The van der Waals surface area contributed by atoms with Crippen LogP contribution in [0.3, 0.4) is 0 Å². The molecule has 136 valence electrons. The van der Waals surface area contributed by atoms with E-state index in [1.165, 1.54) is 25.3 Å². The lowest BCUT2D eigenvalue weighted by molar-refractivity contribution is 0.0696. The van der Waals surface area contributed by atoms with Crippen molar-refractivity contribution in [3.8, 4) is 22.3 Å². The lowest BCUT2D eigenvalue weighted by atomic mass is 10.1. The van der Waals surface area contributed by atoms with Gasteiger partial charge in [-0.2, -0.15) is 9.65 Å². The zero-order valence-corrected chi connectivity index (χ0v) is 15.7. The molecule has 0 amide bonds. The van der Waals surface area contributed by atoms with Gasteiger partial charge in [0.15, 0.2) is 5.13 Å². The summed E-state index contributed by atoms with van der Waals surface area (Å²) >= 11 is 2.16. The van der Waals surface area contributed by atoms with Gasteiger partial charge in [-0.25, -0.2) is 4.79 Å². The Hall–Kier alpha value is -3.02. The highest BCUT2D eigenvalue weighted by molar-refractivity contribution is 8.00. The monoisotopic (exact) mass is 400 g/mol. The number of carbonyl (C=O) groups is 1. The van der Waals surface area contributed by atoms with Crippen molar-refractivity contribution >= 4 is 34.9 Å². The molecule has 0 radical (unpaired) electrons. The first-order chi connectivity index (χ1) is 13.0. The molecule has 0 saturated heterocycles. The Balaban J connectivity index is 1.95. The maximum absolute atomic E-state index is 13.4. The van der Waals surface area contributed by atoms with Crippen LogP contribution in [0.4, 0.5) is 10.1 Å². The molecule has 1 heterocycles. The van der Waals surface area contributed by atoms with Gasteiger partial charge in [0.1, 0.15) is 5.75 Å². The fourth-order valence-corrected chi connectivity index (χ4v) is 3.97. The van der Waals surface area contributed by atoms with Crippen molar-refractivity contribution in [1.82, 2.24) is 0 Å². The van der Waals surface area contributed by atoms with Crippen LogP contribution in [0.25, 0.3) is 10.4 Å². The third kappa shape index (κ3) is 4.22. The third-order valence-corrected chi connectivity index (χ3v) is 5.44. The first-order valence-electron chi connectivity index (χ1n) is 7.66. The Kier molecular flexibility index (Phi) is 5.64. The van der Waals surface area contributed by atoms with Crippen LogP contribution in [0, 0.1) is 16.5 Å². The highest BCUT2D eigenvalue weighted by atomic mass is 32.2. The van der Waals surface area contributed by atoms with Crippen molar-refractivity contribution < 1.29 is 19.0 Å². The Bertz CT molecular complexity index is 1040. The number of carboxylic acid groups (broad SMARTS) is 1. The molecule has 2 N–H and O–H groups in total. The number of aromatic carboxylic acids is 1. The summed E-state index contributed by atoms with van der Waals surface area (Å²) in [5.74, 6) is -0.529. The molecule has 0 spiro atoms. The zero-order valence-electron chi connectivity index (χ0n) is 14.0. The number of hydrogen-bond donors (Lipinski definition) is 2. The third-order valence-electron chi connectivity index (χ3n) is 3.67. The highest BCUT2D eigenvalue weighted by Crippen LogP contribution is 2.37. The number of hydrogen-bond acceptors (Lipinski definition) is 6. The van der Waals surface area contributed by atoms with Crippen LogP contribution in [0.5, 0.6) is 5.75 Å². The first kappa shape index (κ1) is 18.8. The summed E-state index contributed by atoms with van der Waals surface area (Å²) in [6.45, 7) is 0. The fraction of sp³-hybridized carbons (Fsp3) is 0.0526. The van der Waals surface area contributed by atoms with E-state index >= 15 is 0 Å². The summed E-state index contributed by atoms with van der Waals surface area (Å²) in [6, 6.07) is 14.7. The summed E-state index contributed by atoms with van der Waals surface area (Å²) < 4.78 is 21.8. The van der Waals surface area contributed by atoms with Gasteiger partial charge in [-0.05, 0) is 54.4 Å². The first-order valence-corrected chi connectivity index (χ1v) is 9.29. The lowest BCUT2D eigenvalue weighted by Gasteiger charge is -2.13. The van der Waals surface area contributed by atoms with Crippen LogP contribution in [-0.2, 0) is 0 Å². The standard InChI is InChI=1S/C19H13FN2O3S2/c1-25-15-5-3-12(19(23)24)9-17(15)27-22-14-8-11(10-21)2-4-13(14)16-6-7-18(20)26-16/h2-9,22H,1H3,(H,23,24). The number of carboxylic acids is 1. The average molecular weight is 400 g/mol. The normalized spacial score (nSPS) is 10.3. The Morgan fingerprint density at radius 3 is 2.70 bits per heavy atom. The zero-order chi connectivity index (χ0) is 19.4. The van der Waals surface area contributed by atoms with Gasteiger partial charge in [-0.1, -0.05) is 6.07 Å². The molecular weight excluding hydrogens is 387 g/mol. The van der Waals surface area contributed by atoms with Gasteiger partial charge in [-0.15, -0.1) is 11.3 Å². The summed E-state index contributed by atoms with van der Waals surface area (Å²) in [6.07, 6.45) is 0. The van der Waals surface area contributed by atoms with Gasteiger partial charge >= 0.3 is 5.97 Å². The molecule has 2 aromatic carbocycles. The molecule has 27 heavy (non-hydrogen) atoms. The van der Waals surface area contributed by atoms with E-state index in [1.807, 2.05) is 0 Å². The second-order valence-corrected chi connectivity index (χ2v) is 7.23. The number of nitriles is 1. The van der Waals surface area contributed by atoms with E-state index in [4.69, 9.17) is 10.00 Å². The van der Waals surface area contributed by atoms with E-state index in [0.29, 0.717) is 26.8 Å². The van der Waals surface area contributed by atoms with Crippen LogP contribution in [0.15, 0.2) is 53.4 Å². The smallest absolute Gasteiger partial charge is 0.335 e. The SMILES string of the molecule is COc1ccc(C(=O)O)cc1SNc1cc(C#N)ccc1-c1ccc(F)s1. The van der Waals surface area contributed by atoms with Gasteiger partial charge in [0, 0.05) is 10.4 Å². The number of nitrogens with one attached hydrogen (secondary N) is 1. The second-order valence-electron chi connectivity index (χ2n) is 5.35. The van der Waals surface area contributed by atoms with Crippen LogP contribution in [0.1, 0.15) is 15.9 Å². The maximum atomic E-state index is 13.4. The van der Waals surface area contributed by atoms with Gasteiger partial charge in [0.2, 0.25) is 0 Å². The van der Waals surface area contributed by atoms with Gasteiger partial charge < -0.3 is 14.6 Å². The second kappa shape index (κ2) is 8.12. The van der Waals surface area contributed by atoms with Crippen molar-refractivity contribution in [2.45, 2.75) is 4.90 Å². The predicted octanol–water partition coefficient (Wildman–Crippen LogP) is 5.25. The highest BCUT2D eigenvalue weighted by Gasteiger charge is 2.13. The quantitative estimate of drug-likeness (QED) is 0.550. The molecular formula is C19H13FN2O3S2. The molecule has 5 nitrogen and oxygen atoms in total. The summed E-state index contributed by atoms with van der Waals surface area (Å²) in [7, 11) is 1.50. The molecule has 0 bridgehead atoms. The molecule has 0 aliphatic rings. The predicted molar refractivity (Wildman–Crippen MR) is 104 cm³/mol. The molecule has 8 heteroatoms. The molecule has 0 atom stereocenters. The number of methoxy groups -OCH3 is 1. The van der Waals surface area contributed by atoms with E-state index in [2.05, 4.69) is 10.8 Å². The molecule has 3 aromatic rings. The summed E-state index contributed by atoms with van der Waals surface area (Å²) in [5, 5.41) is 18.0. The molecule has 0 unspecified atom stereocenters. The number of thiophene rings is 1. The van der Waals surface area contributed by atoms with Gasteiger partial charge in [0.05, 0.1) is 34.9 Å². The van der Waals surface area contributed by atoms with Crippen molar-refractivity contribution in [2.75, 3.05) is 11.8 Å². The van der Waals surface area contributed by atoms with Gasteiger partial charge in [-0.3, -0.25) is 0 Å². The Labute approximate surface area is 163 Å². The van der Waals surface area contributed by atoms with Crippen LogP contribution in [-0.4, -0.2) is 18.2 Å². The van der Waals surface area contributed by atoms with E-state index in [9.17, 15) is 14.3 Å². The van der Waals surface area contributed by atoms with Crippen LogP contribution >= 0.6 is 23.3 Å². The lowest BCUT2D eigenvalue weighted by Crippen LogP contribution is -1.99. The van der Waals surface area contributed by atoms with Crippen molar-refractivity contribution in [3.63, 3.8) is 0 Å². The van der Waals surface area contributed by atoms with E-state index < -0.39 is 5.97 Å². The van der Waals surface area contributed by atoms with Crippen molar-refractivity contribution in [3.05, 3.63) is 64.8 Å². The summed E-state index contributed by atoms with van der Waals surface area (Å²) in [4.78, 5) is 12.5. The molecule has 0 aliphatic heterocycles. The number of rotatable bonds is 6. The molecule has 1 aromatic heterocycles. The van der Waals surface area contributed by atoms with Crippen molar-refractivity contribution in [2.24, 2.45) is 0 Å². The van der Waals surface area contributed by atoms with Gasteiger partial charge in [0.25, 0.3) is 0 Å². The number of anilines is 1. The summed E-state index contributed by atoms with van der Waals surface area (Å²) in [5.41, 5.74) is 1.93. The largest absolute Gasteiger partial charge is 0.496 e. The topological polar surface area (TPSA) is 82.3 Å². The number of halogens is 1. The number of nitrogens with zero attached hydrogens (tertiary/aromatic N) is 1. The maximum Gasteiger partial charge on any atom is 0.335 e. The number of ether oxygens (including phenoxy) is 1. The minimum Gasteiger partial charge on any atom is -0.496 e. The Morgan fingerprint density at radius 1 is 1.26 bits per heavy atom. The van der Waals surface area contributed by atoms with Crippen LogP contribution < -0.4 is 9.46 Å². The van der Waals surface area contributed by atoms with Crippen molar-refractivity contribution in [1.29, 1.82) is 5.26 Å². The minimum absolute atomic E-state index is 0.131. The molecule has 0 fully saturated rings. The Morgan fingerprint density at radius 2 is 2.07 bits per heavy atom. The van der Waals surface area contributed by atoms with E-state index in [0.717, 1.165) is 28.8 Å². The number of benzene rings is 2. The molecule has 0 saturated carbocycles. The molecule has 0 aliphatic carbocycles. The van der Waals surface area contributed by atoms with Crippen LogP contribution in [0.2, 0.25) is 0 Å². The fourth-order valence-electron chi connectivity index (χ4n) is 2.37. The minimum atomic E-state index is -1.04. The van der Waals surface area contributed by atoms with E-state index in [1.54, 1.807) is 30.3 Å². The molecule has 3 rings (SSSR count). The average Bonchev–Trinajstić information content (AvgIpc) is 3.11. The van der Waals surface area contributed by atoms with E-state index in [-0.39, 0.29) is 10.7 Å².